The van der Waals surface area contributed by atoms with E-state index in [0.29, 0.717) is 14.5 Å². The number of para-hydroxylation sites is 1. The number of nitrogens with zero attached hydrogens (tertiary/aromatic N) is 1. The summed E-state index contributed by atoms with van der Waals surface area (Å²) in [7, 11) is 0. The Morgan fingerprint density at radius 3 is 2.53 bits per heavy atom. The minimum Gasteiger partial charge on any atom is -0.508 e. The second kappa shape index (κ2) is 7.46. The van der Waals surface area contributed by atoms with Gasteiger partial charge in [0.25, 0.3) is 0 Å². The van der Waals surface area contributed by atoms with Crippen LogP contribution < -0.4 is 4.90 Å². The highest BCUT2D eigenvalue weighted by atomic mass is 32.2. The van der Waals surface area contributed by atoms with Crippen molar-refractivity contribution in [3.63, 3.8) is 0 Å². The third-order valence-corrected chi connectivity index (χ3v) is 8.28. The minimum atomic E-state index is -4.61. The fourth-order valence-electron chi connectivity index (χ4n) is 4.18. The Morgan fingerprint density at radius 2 is 1.81 bits per heavy atom. The number of amides is 2. The number of thiazole rings is 1. The number of thioether (sulfide) groups is 1. The van der Waals surface area contributed by atoms with Crippen molar-refractivity contribution in [3.8, 4) is 5.75 Å². The number of imide groups is 1. The van der Waals surface area contributed by atoms with Crippen molar-refractivity contribution in [3.05, 3.63) is 68.5 Å². The monoisotopic (exact) mass is 494 g/mol. The van der Waals surface area contributed by atoms with Gasteiger partial charge in [0.15, 0.2) is 3.95 Å². The van der Waals surface area contributed by atoms with Gasteiger partial charge < -0.3 is 10.1 Å². The fraction of sp³-hybridized carbons (Fsp3) is 0.190. The molecule has 2 aromatic carbocycles. The number of benzene rings is 2. The number of H-pyrrole nitrogens is 1. The molecule has 3 atom stereocenters. The van der Waals surface area contributed by atoms with E-state index in [4.69, 9.17) is 12.2 Å². The van der Waals surface area contributed by atoms with E-state index in [-0.39, 0.29) is 11.4 Å². The number of nitrogens with one attached hydrogen (secondary N) is 1. The van der Waals surface area contributed by atoms with Gasteiger partial charge in [0, 0.05) is 16.4 Å². The van der Waals surface area contributed by atoms with Gasteiger partial charge in [0.2, 0.25) is 11.8 Å². The number of hydrogen-bond acceptors (Lipinski definition) is 6. The number of aromatic hydroxyl groups is 1. The van der Waals surface area contributed by atoms with E-state index in [9.17, 15) is 27.9 Å². The molecule has 3 heterocycles. The van der Waals surface area contributed by atoms with Gasteiger partial charge in [-0.15, -0.1) is 11.3 Å². The van der Waals surface area contributed by atoms with Gasteiger partial charge in [-0.1, -0.05) is 36.0 Å². The van der Waals surface area contributed by atoms with Crippen molar-refractivity contribution in [1.82, 2.24) is 4.98 Å². The van der Waals surface area contributed by atoms with Gasteiger partial charge in [-0.3, -0.25) is 9.59 Å². The van der Waals surface area contributed by atoms with Gasteiger partial charge in [-0.05, 0) is 36.5 Å². The van der Waals surface area contributed by atoms with E-state index in [1.165, 1.54) is 29.5 Å². The van der Waals surface area contributed by atoms with Gasteiger partial charge in [0.05, 0.1) is 22.2 Å². The van der Waals surface area contributed by atoms with Crippen molar-refractivity contribution in [2.24, 2.45) is 5.92 Å². The van der Waals surface area contributed by atoms with E-state index in [1.807, 2.05) is 0 Å². The Hall–Kier alpha value is -2.63. The highest BCUT2D eigenvalue weighted by molar-refractivity contribution is 8.01. The molecule has 0 aliphatic carbocycles. The number of phenols is 1. The van der Waals surface area contributed by atoms with Crippen LogP contribution in [0.5, 0.6) is 5.75 Å². The highest BCUT2D eigenvalue weighted by Gasteiger charge is 2.56. The number of aromatic amines is 1. The van der Waals surface area contributed by atoms with Crippen molar-refractivity contribution >= 4 is 52.8 Å². The summed E-state index contributed by atoms with van der Waals surface area (Å²) in [6.07, 6.45) is -4.61. The summed E-state index contributed by atoms with van der Waals surface area (Å²) in [4.78, 5) is 31.4. The molecule has 2 N–H and O–H groups in total. The van der Waals surface area contributed by atoms with Crippen LogP contribution in [0.4, 0.5) is 18.9 Å². The molecule has 3 unspecified atom stereocenters. The summed E-state index contributed by atoms with van der Waals surface area (Å²) >= 11 is 7.65. The average molecular weight is 495 g/mol. The molecule has 11 heteroatoms. The molecule has 32 heavy (non-hydrogen) atoms. The Morgan fingerprint density at radius 1 is 1.06 bits per heavy atom. The summed E-state index contributed by atoms with van der Waals surface area (Å²) in [6, 6.07) is 10.7. The van der Waals surface area contributed by atoms with Crippen LogP contribution in [0.1, 0.15) is 21.9 Å². The van der Waals surface area contributed by atoms with Crippen LogP contribution in [0.2, 0.25) is 0 Å². The maximum atomic E-state index is 13.5. The third kappa shape index (κ3) is 3.26. The summed E-state index contributed by atoms with van der Waals surface area (Å²) < 4.78 is 40.1. The molecule has 5 nitrogen and oxygen atoms in total. The van der Waals surface area contributed by atoms with Crippen molar-refractivity contribution in [2.45, 2.75) is 22.4 Å². The van der Waals surface area contributed by atoms with Crippen LogP contribution in [0.15, 0.2) is 53.6 Å². The van der Waals surface area contributed by atoms with Crippen LogP contribution in [0.25, 0.3) is 0 Å². The first-order valence-electron chi connectivity index (χ1n) is 9.39. The van der Waals surface area contributed by atoms with E-state index in [0.717, 1.165) is 33.7 Å². The molecule has 0 saturated carbocycles. The van der Waals surface area contributed by atoms with E-state index < -0.39 is 40.6 Å². The first-order valence-corrected chi connectivity index (χ1v) is 11.5. The molecule has 2 amide bonds. The van der Waals surface area contributed by atoms with Crippen molar-refractivity contribution < 1.29 is 27.9 Å². The van der Waals surface area contributed by atoms with E-state index in [1.54, 1.807) is 18.2 Å². The number of aromatic nitrogens is 1. The van der Waals surface area contributed by atoms with Crippen LogP contribution >= 0.6 is 35.3 Å². The first-order chi connectivity index (χ1) is 15.2. The normalized spacial score (nSPS) is 22.7. The Bertz CT molecular complexity index is 1320. The smallest absolute Gasteiger partial charge is 0.416 e. The quantitative estimate of drug-likeness (QED) is 0.372. The minimum absolute atomic E-state index is 0.0359. The molecule has 1 fully saturated rings. The number of carbonyl (C=O) groups excluding carboxylic acids is 2. The largest absolute Gasteiger partial charge is 0.508 e. The lowest BCUT2D eigenvalue weighted by Crippen LogP contribution is -2.32. The topological polar surface area (TPSA) is 73.4 Å². The Balaban J connectivity index is 1.64. The van der Waals surface area contributed by atoms with Gasteiger partial charge in [0.1, 0.15) is 11.0 Å². The number of halogens is 3. The molecule has 1 aromatic heterocycles. The summed E-state index contributed by atoms with van der Waals surface area (Å²) in [5.41, 5.74) is -0.614. The van der Waals surface area contributed by atoms with Crippen LogP contribution in [-0.2, 0) is 15.8 Å². The number of rotatable bonds is 2. The predicted molar refractivity (Wildman–Crippen MR) is 117 cm³/mol. The highest BCUT2D eigenvalue weighted by Crippen LogP contribution is 2.55. The molecule has 0 bridgehead atoms. The number of anilines is 1. The zero-order valence-electron chi connectivity index (χ0n) is 15.9. The molecule has 0 spiro atoms. The molecule has 3 aromatic rings. The van der Waals surface area contributed by atoms with E-state index in [2.05, 4.69) is 4.98 Å². The zero-order valence-corrected chi connectivity index (χ0v) is 18.4. The van der Waals surface area contributed by atoms with Crippen molar-refractivity contribution in [2.75, 3.05) is 4.90 Å². The SMILES string of the molecule is O=C1C2Sc3[nH]c(=S)sc3C(c3ccccc3O)C2C(=O)N1c1cccc(C(F)(F)F)c1. The maximum absolute atomic E-state index is 13.5. The van der Waals surface area contributed by atoms with E-state index >= 15 is 0 Å². The Kier molecular flexibility index (Phi) is 4.95. The second-order valence-electron chi connectivity index (χ2n) is 7.37. The molecule has 1 saturated heterocycles. The summed E-state index contributed by atoms with van der Waals surface area (Å²) in [5.74, 6) is -2.80. The van der Waals surface area contributed by atoms with Crippen molar-refractivity contribution in [1.29, 1.82) is 0 Å². The van der Waals surface area contributed by atoms with Crippen LogP contribution in [0.3, 0.4) is 0 Å². The Labute approximate surface area is 192 Å². The molecule has 2 aliphatic rings. The fourth-order valence-corrected chi connectivity index (χ4v) is 7.13. The molecule has 5 rings (SSSR count). The van der Waals surface area contributed by atoms with Crippen LogP contribution in [0, 0.1) is 9.87 Å². The summed E-state index contributed by atoms with van der Waals surface area (Å²) in [5, 5.41) is 10.3. The lowest BCUT2D eigenvalue weighted by atomic mass is 9.82. The number of fused-ring (bicyclic) bond motifs is 2. The summed E-state index contributed by atoms with van der Waals surface area (Å²) in [6.45, 7) is 0. The van der Waals surface area contributed by atoms with Gasteiger partial charge in [-0.25, -0.2) is 4.90 Å². The predicted octanol–water partition coefficient (Wildman–Crippen LogP) is 5.33. The van der Waals surface area contributed by atoms with Crippen LogP contribution in [-0.4, -0.2) is 27.2 Å². The first kappa shape index (κ1) is 21.2. The number of alkyl halides is 3. The number of carbonyl (C=O) groups is 2. The van der Waals surface area contributed by atoms with Gasteiger partial charge in [-0.2, -0.15) is 13.2 Å². The lowest BCUT2D eigenvalue weighted by molar-refractivity contribution is -0.137. The number of hydrogen-bond donors (Lipinski definition) is 2. The van der Waals surface area contributed by atoms with Gasteiger partial charge >= 0.3 is 6.18 Å². The molecule has 0 radical (unpaired) electrons. The zero-order chi connectivity index (χ0) is 22.8. The molecule has 2 aliphatic heterocycles. The molecule has 164 valence electrons. The standard InChI is InChI=1S/C21H13F3N2O3S3/c22-21(23,24)9-4-3-5-10(8-9)26-18(28)14-13(11-6-1-2-7-12(11)27)15-17(25-20(30)32-15)31-16(14)19(26)29/h1-8,13-14,16,27H,(H,25,30). The average Bonchev–Trinajstić information content (AvgIpc) is 3.23. The lowest BCUT2D eigenvalue weighted by Gasteiger charge is -2.30. The third-order valence-electron chi connectivity index (χ3n) is 5.53. The molecular weight excluding hydrogens is 481 g/mol. The molecular formula is C21H13F3N2O3S3. The maximum Gasteiger partial charge on any atom is 0.416 e. The second-order valence-corrected chi connectivity index (χ2v) is 10.2. The number of phenolic OH excluding ortho intramolecular Hbond substituents is 1.